The predicted molar refractivity (Wildman–Crippen MR) is 44.6 cm³/mol. The molecule has 4 heteroatoms. The highest BCUT2D eigenvalue weighted by atomic mass is 32.1. The lowest BCUT2D eigenvalue weighted by molar-refractivity contribution is 0.659. The Hall–Kier alpha value is -0.900. The quantitative estimate of drug-likeness (QED) is 0.602. The van der Waals surface area contributed by atoms with Gasteiger partial charge in [-0.15, -0.1) is 0 Å². The van der Waals surface area contributed by atoms with E-state index in [0.29, 0.717) is 0 Å². The fourth-order valence-corrected chi connectivity index (χ4v) is 0.926. The van der Waals surface area contributed by atoms with E-state index >= 15 is 0 Å². The molecule has 1 aromatic heterocycles. The molecule has 0 atom stereocenters. The van der Waals surface area contributed by atoms with Crippen molar-refractivity contribution in [2.75, 3.05) is 11.6 Å². The van der Waals surface area contributed by atoms with Gasteiger partial charge in [-0.1, -0.05) is 12.2 Å². The maximum Gasteiger partial charge on any atom is 0.0861 e. The Labute approximate surface area is 65.2 Å². The Bertz CT molecular complexity index is 195. The fraction of sp³-hybridized carbons (Fsp3) is 0.333. The molecular weight excluding hydrogens is 146 g/mol. The zero-order valence-electron chi connectivity index (χ0n) is 5.77. The SMILES string of the molecule is CCN(C=S)n1cccn1. The van der Waals surface area contributed by atoms with Crippen molar-refractivity contribution >= 4 is 17.7 Å². The molecule has 0 spiro atoms. The summed E-state index contributed by atoms with van der Waals surface area (Å²) in [6.07, 6.45) is 3.58. The highest BCUT2D eigenvalue weighted by molar-refractivity contribution is 7.79. The summed E-state index contributed by atoms with van der Waals surface area (Å²) in [4.78, 5) is 1.70. The van der Waals surface area contributed by atoms with Gasteiger partial charge >= 0.3 is 0 Å². The van der Waals surface area contributed by atoms with Gasteiger partial charge in [0.2, 0.25) is 0 Å². The molecule has 0 saturated heterocycles. The van der Waals surface area contributed by atoms with Crippen LogP contribution in [0.4, 0.5) is 0 Å². The van der Waals surface area contributed by atoms with Crippen molar-refractivity contribution in [3.8, 4) is 0 Å². The molecular formula is C6H9N3S. The molecule has 3 nitrogen and oxygen atoms in total. The van der Waals surface area contributed by atoms with E-state index in [4.69, 9.17) is 12.2 Å². The Morgan fingerprint density at radius 2 is 2.60 bits per heavy atom. The summed E-state index contributed by atoms with van der Waals surface area (Å²) < 4.78 is 0. The van der Waals surface area contributed by atoms with Gasteiger partial charge in [0.25, 0.3) is 0 Å². The van der Waals surface area contributed by atoms with Crippen molar-refractivity contribution < 1.29 is 0 Å². The van der Waals surface area contributed by atoms with Gasteiger partial charge in [-0.3, -0.25) is 5.01 Å². The first kappa shape index (κ1) is 7.21. The van der Waals surface area contributed by atoms with E-state index in [1.54, 1.807) is 16.5 Å². The molecule has 0 N–H and O–H groups in total. The Morgan fingerprint density at radius 1 is 1.80 bits per heavy atom. The topological polar surface area (TPSA) is 21.1 Å². The summed E-state index contributed by atoms with van der Waals surface area (Å²) in [6.45, 7) is 2.86. The maximum absolute atomic E-state index is 4.76. The molecule has 0 fully saturated rings. The minimum atomic E-state index is 0.838. The zero-order valence-corrected chi connectivity index (χ0v) is 6.58. The Balaban J connectivity index is 2.73. The molecule has 0 aromatic carbocycles. The van der Waals surface area contributed by atoms with Gasteiger partial charge in [-0.05, 0) is 13.0 Å². The molecule has 54 valence electrons. The molecule has 0 saturated carbocycles. The summed E-state index contributed by atoms with van der Waals surface area (Å²) in [5, 5.41) is 5.83. The van der Waals surface area contributed by atoms with Crippen molar-refractivity contribution in [1.82, 2.24) is 9.89 Å². The van der Waals surface area contributed by atoms with Crippen molar-refractivity contribution in [3.63, 3.8) is 0 Å². The van der Waals surface area contributed by atoms with Crippen molar-refractivity contribution in [1.29, 1.82) is 0 Å². The van der Waals surface area contributed by atoms with Crippen LogP contribution in [0.5, 0.6) is 0 Å². The summed E-state index contributed by atoms with van der Waals surface area (Å²) in [7, 11) is 0. The minimum absolute atomic E-state index is 0.838. The average molecular weight is 155 g/mol. The molecule has 0 aliphatic rings. The highest BCUT2D eigenvalue weighted by Gasteiger charge is 1.95. The normalized spacial score (nSPS) is 9.30. The van der Waals surface area contributed by atoms with Gasteiger partial charge in [-0.25, -0.2) is 0 Å². The van der Waals surface area contributed by atoms with Gasteiger partial charge in [0.1, 0.15) is 0 Å². The predicted octanol–water partition coefficient (Wildman–Crippen LogP) is 0.798. The Kier molecular flexibility index (Phi) is 2.39. The fourth-order valence-electron chi connectivity index (χ4n) is 0.680. The third-order valence-electron chi connectivity index (χ3n) is 1.20. The number of aromatic nitrogens is 2. The maximum atomic E-state index is 4.76. The third-order valence-corrected chi connectivity index (χ3v) is 1.44. The Morgan fingerprint density at radius 3 is 3.00 bits per heavy atom. The van der Waals surface area contributed by atoms with Gasteiger partial charge in [-0.2, -0.15) is 9.89 Å². The number of nitrogens with zero attached hydrogens (tertiary/aromatic N) is 3. The van der Waals surface area contributed by atoms with Crippen LogP contribution in [-0.2, 0) is 0 Å². The van der Waals surface area contributed by atoms with Crippen LogP contribution in [0.25, 0.3) is 0 Å². The van der Waals surface area contributed by atoms with Crippen LogP contribution in [0.15, 0.2) is 18.5 Å². The monoisotopic (exact) mass is 155 g/mol. The largest absolute Gasteiger partial charge is 0.262 e. The van der Waals surface area contributed by atoms with E-state index in [-0.39, 0.29) is 0 Å². The molecule has 0 radical (unpaired) electrons. The van der Waals surface area contributed by atoms with Gasteiger partial charge in [0, 0.05) is 12.7 Å². The van der Waals surface area contributed by atoms with E-state index < -0.39 is 0 Å². The van der Waals surface area contributed by atoms with E-state index in [0.717, 1.165) is 6.54 Å². The first-order valence-corrected chi connectivity index (χ1v) is 3.57. The molecule has 1 aromatic rings. The lowest BCUT2D eigenvalue weighted by Crippen LogP contribution is -2.32. The van der Waals surface area contributed by atoms with Crippen LogP contribution in [0, 0.1) is 0 Å². The second-order valence-corrected chi connectivity index (χ2v) is 2.00. The molecule has 1 heterocycles. The average Bonchev–Trinajstić information content (AvgIpc) is 2.43. The first-order valence-electron chi connectivity index (χ1n) is 3.10. The smallest absolute Gasteiger partial charge is 0.0861 e. The molecule has 10 heavy (non-hydrogen) atoms. The number of hydrogen-bond acceptors (Lipinski definition) is 2. The zero-order chi connectivity index (χ0) is 7.40. The van der Waals surface area contributed by atoms with E-state index in [9.17, 15) is 0 Å². The van der Waals surface area contributed by atoms with Crippen molar-refractivity contribution in [2.45, 2.75) is 6.92 Å². The van der Waals surface area contributed by atoms with Crippen LogP contribution >= 0.6 is 12.2 Å². The lowest BCUT2D eigenvalue weighted by atomic mass is 10.7. The van der Waals surface area contributed by atoms with E-state index in [1.165, 1.54) is 0 Å². The van der Waals surface area contributed by atoms with Crippen LogP contribution in [0.1, 0.15) is 6.92 Å². The molecule has 0 unspecified atom stereocenters. The number of rotatable bonds is 3. The van der Waals surface area contributed by atoms with Crippen LogP contribution < -0.4 is 5.01 Å². The molecule has 0 aliphatic carbocycles. The van der Waals surface area contributed by atoms with Crippen molar-refractivity contribution in [2.24, 2.45) is 0 Å². The molecule has 0 bridgehead atoms. The van der Waals surface area contributed by atoms with E-state index in [2.05, 4.69) is 5.10 Å². The van der Waals surface area contributed by atoms with Crippen LogP contribution in [-0.4, -0.2) is 21.9 Å². The minimum Gasteiger partial charge on any atom is -0.262 e. The first-order chi connectivity index (χ1) is 4.88. The summed E-state index contributed by atoms with van der Waals surface area (Å²) >= 11 is 4.76. The van der Waals surface area contributed by atoms with Crippen LogP contribution in [0.2, 0.25) is 0 Å². The number of hydrogen-bond donors (Lipinski definition) is 0. The summed E-state index contributed by atoms with van der Waals surface area (Å²) in [6, 6.07) is 1.86. The van der Waals surface area contributed by atoms with Gasteiger partial charge in [0.15, 0.2) is 0 Å². The summed E-state index contributed by atoms with van der Waals surface area (Å²) in [5.41, 5.74) is 1.58. The molecule has 1 rings (SSSR count). The highest BCUT2D eigenvalue weighted by Crippen LogP contribution is 1.85. The standard InChI is InChI=1S/C6H9N3S/c1-2-8(6-10)9-5-3-4-7-9/h3-6H,2H2,1H3. The van der Waals surface area contributed by atoms with E-state index in [1.807, 2.05) is 24.2 Å². The van der Waals surface area contributed by atoms with Gasteiger partial charge < -0.3 is 0 Å². The summed E-state index contributed by atoms with van der Waals surface area (Å²) in [5.74, 6) is 0. The van der Waals surface area contributed by atoms with Crippen LogP contribution in [0.3, 0.4) is 0 Å². The van der Waals surface area contributed by atoms with Crippen molar-refractivity contribution in [3.05, 3.63) is 18.5 Å². The second-order valence-electron chi connectivity index (χ2n) is 1.79. The molecule has 0 amide bonds. The third kappa shape index (κ3) is 1.33. The molecule has 0 aliphatic heterocycles. The number of thiocarbonyl (C=S) groups is 1. The second kappa shape index (κ2) is 3.31. The van der Waals surface area contributed by atoms with Gasteiger partial charge in [0.05, 0.1) is 11.7 Å². The lowest BCUT2D eigenvalue weighted by Gasteiger charge is -2.15.